The highest BCUT2D eigenvalue weighted by molar-refractivity contribution is 5.27. The van der Waals surface area contributed by atoms with Gasteiger partial charge in [-0.3, -0.25) is 0 Å². The molecule has 0 spiro atoms. The van der Waals surface area contributed by atoms with E-state index in [1.54, 1.807) is 6.92 Å². The molecule has 0 radical (unpaired) electrons. The summed E-state index contributed by atoms with van der Waals surface area (Å²) in [5.74, 6) is -8.83. The van der Waals surface area contributed by atoms with E-state index in [9.17, 15) is 22.0 Å². The summed E-state index contributed by atoms with van der Waals surface area (Å²) in [5, 5.41) is 2.80. The third-order valence-corrected chi connectivity index (χ3v) is 3.60. The molecule has 0 amide bonds. The minimum atomic E-state index is -2.11. The highest BCUT2D eigenvalue weighted by Gasteiger charge is 2.31. The molecule has 112 valence electrons. The summed E-state index contributed by atoms with van der Waals surface area (Å²) in [6.07, 6.45) is 3.21. The van der Waals surface area contributed by atoms with E-state index < -0.39 is 40.7 Å². The summed E-state index contributed by atoms with van der Waals surface area (Å²) in [6, 6.07) is -0.856. The predicted octanol–water partition coefficient (Wildman–Crippen LogP) is 4.22. The number of halogens is 5. The van der Waals surface area contributed by atoms with Crippen molar-refractivity contribution >= 4 is 0 Å². The fourth-order valence-electron chi connectivity index (χ4n) is 2.33. The summed E-state index contributed by atoms with van der Waals surface area (Å²) < 4.78 is 67.0. The lowest BCUT2D eigenvalue weighted by Crippen LogP contribution is -2.25. The Morgan fingerprint density at radius 2 is 1.45 bits per heavy atom. The monoisotopic (exact) mass is 293 g/mol. The lowest BCUT2D eigenvalue weighted by atomic mass is 9.98. The third kappa shape index (κ3) is 2.95. The molecule has 1 N–H and O–H groups in total. The maximum atomic E-state index is 13.8. The van der Waals surface area contributed by atoms with Gasteiger partial charge in [-0.2, -0.15) is 0 Å². The molecule has 1 aliphatic rings. The molecule has 1 aromatic carbocycles. The number of nitrogens with one attached hydrogen (secondary N) is 1. The Labute approximate surface area is 114 Å². The lowest BCUT2D eigenvalue weighted by molar-refractivity contribution is 0.350. The predicted molar refractivity (Wildman–Crippen MR) is 64.6 cm³/mol. The molecule has 1 nitrogen and oxygen atoms in total. The first kappa shape index (κ1) is 15.2. The van der Waals surface area contributed by atoms with Crippen LogP contribution in [0.1, 0.15) is 44.2 Å². The lowest BCUT2D eigenvalue weighted by Gasteiger charge is -2.20. The Morgan fingerprint density at radius 1 is 0.950 bits per heavy atom. The van der Waals surface area contributed by atoms with Crippen LogP contribution in [0.3, 0.4) is 0 Å². The van der Waals surface area contributed by atoms with Gasteiger partial charge in [0.1, 0.15) is 0 Å². The van der Waals surface area contributed by atoms with Gasteiger partial charge >= 0.3 is 0 Å². The average molecular weight is 293 g/mol. The number of benzene rings is 1. The molecule has 6 heteroatoms. The van der Waals surface area contributed by atoms with Crippen molar-refractivity contribution in [3.8, 4) is 0 Å². The molecule has 0 aromatic heterocycles. The van der Waals surface area contributed by atoms with Crippen molar-refractivity contribution in [1.29, 1.82) is 0 Å². The zero-order valence-corrected chi connectivity index (χ0v) is 11.1. The van der Waals surface area contributed by atoms with Crippen molar-refractivity contribution in [2.45, 2.75) is 38.6 Å². The maximum Gasteiger partial charge on any atom is 0.200 e. The van der Waals surface area contributed by atoms with Crippen LogP contribution in [0.2, 0.25) is 0 Å². The Balaban J connectivity index is 2.35. The van der Waals surface area contributed by atoms with E-state index in [1.165, 1.54) is 0 Å². The average Bonchev–Trinajstić information content (AvgIpc) is 3.24. The smallest absolute Gasteiger partial charge is 0.200 e. The van der Waals surface area contributed by atoms with Gasteiger partial charge in [-0.25, -0.2) is 22.0 Å². The summed E-state index contributed by atoms with van der Waals surface area (Å²) in [5.41, 5.74) is -0.746. The molecular formula is C14H16F5N. The fraction of sp³-hybridized carbons (Fsp3) is 0.571. The largest absolute Gasteiger partial charge is 0.310 e. The van der Waals surface area contributed by atoms with Gasteiger partial charge in [0, 0.05) is 11.6 Å². The van der Waals surface area contributed by atoms with Crippen molar-refractivity contribution in [2.75, 3.05) is 6.54 Å². The van der Waals surface area contributed by atoms with E-state index in [4.69, 9.17) is 0 Å². The molecule has 1 aliphatic carbocycles. The summed E-state index contributed by atoms with van der Waals surface area (Å²) in [4.78, 5) is 0. The van der Waals surface area contributed by atoms with Crippen molar-refractivity contribution in [3.63, 3.8) is 0 Å². The van der Waals surface area contributed by atoms with Crippen LogP contribution < -0.4 is 5.32 Å². The highest BCUT2D eigenvalue weighted by atomic mass is 19.2. The van der Waals surface area contributed by atoms with Gasteiger partial charge in [0.2, 0.25) is 5.82 Å². The van der Waals surface area contributed by atoms with Crippen molar-refractivity contribution in [1.82, 2.24) is 5.32 Å². The molecule has 1 unspecified atom stereocenters. The van der Waals surface area contributed by atoms with E-state index >= 15 is 0 Å². The molecule has 0 aliphatic heterocycles. The van der Waals surface area contributed by atoms with E-state index in [-0.39, 0.29) is 0 Å². The molecule has 20 heavy (non-hydrogen) atoms. The van der Waals surface area contributed by atoms with Gasteiger partial charge in [0.15, 0.2) is 23.3 Å². The van der Waals surface area contributed by atoms with Gasteiger partial charge in [0.25, 0.3) is 0 Å². The molecule has 1 atom stereocenters. The van der Waals surface area contributed by atoms with Crippen molar-refractivity contribution in [3.05, 3.63) is 34.6 Å². The third-order valence-electron chi connectivity index (χ3n) is 3.60. The Morgan fingerprint density at radius 3 is 1.90 bits per heavy atom. The van der Waals surface area contributed by atoms with Gasteiger partial charge < -0.3 is 5.32 Å². The topological polar surface area (TPSA) is 12.0 Å². The molecule has 1 fully saturated rings. The molecule has 2 rings (SSSR count). The normalized spacial score (nSPS) is 16.5. The first-order chi connectivity index (χ1) is 9.47. The maximum absolute atomic E-state index is 13.8. The van der Waals surface area contributed by atoms with Crippen LogP contribution in [-0.2, 0) is 0 Å². The SMILES string of the molecule is CCNC(CCC1CC1)c1c(F)c(F)c(F)c(F)c1F. The van der Waals surface area contributed by atoms with Gasteiger partial charge in [0.05, 0.1) is 0 Å². The molecule has 0 bridgehead atoms. The summed E-state index contributed by atoms with van der Waals surface area (Å²) >= 11 is 0. The van der Waals surface area contributed by atoms with Crippen LogP contribution >= 0.6 is 0 Å². The molecule has 1 aromatic rings. The molecule has 0 heterocycles. The summed E-state index contributed by atoms with van der Waals surface area (Å²) in [7, 11) is 0. The Kier molecular flexibility index (Phi) is 4.62. The van der Waals surface area contributed by atoms with Crippen LogP contribution in [0.25, 0.3) is 0 Å². The van der Waals surface area contributed by atoms with Crippen LogP contribution in [0.5, 0.6) is 0 Å². The van der Waals surface area contributed by atoms with Gasteiger partial charge in [-0.1, -0.05) is 19.8 Å². The zero-order chi connectivity index (χ0) is 14.9. The first-order valence-corrected chi connectivity index (χ1v) is 6.72. The second-order valence-corrected chi connectivity index (χ2v) is 5.11. The number of rotatable bonds is 6. The molecule has 0 saturated heterocycles. The van der Waals surface area contributed by atoms with Crippen molar-refractivity contribution in [2.24, 2.45) is 5.92 Å². The quantitative estimate of drug-likeness (QED) is 0.470. The van der Waals surface area contributed by atoms with Crippen LogP contribution in [0.15, 0.2) is 0 Å². The minimum Gasteiger partial charge on any atom is -0.310 e. The number of hydrogen-bond acceptors (Lipinski definition) is 1. The number of hydrogen-bond donors (Lipinski definition) is 1. The van der Waals surface area contributed by atoms with Crippen molar-refractivity contribution < 1.29 is 22.0 Å². The second-order valence-electron chi connectivity index (χ2n) is 5.11. The molecule has 1 saturated carbocycles. The van der Waals surface area contributed by atoms with Crippen LogP contribution in [0, 0.1) is 35.0 Å². The summed E-state index contributed by atoms with van der Waals surface area (Å²) in [6.45, 7) is 2.10. The standard InChI is InChI=1S/C14H16F5N/c1-2-20-8(6-5-7-3-4-7)9-10(15)12(17)14(19)13(18)11(9)16/h7-8,20H,2-6H2,1H3. The minimum absolute atomic E-state index is 0.358. The first-order valence-electron chi connectivity index (χ1n) is 6.72. The molecular weight excluding hydrogens is 277 g/mol. The van der Waals surface area contributed by atoms with Gasteiger partial charge in [-0.15, -0.1) is 0 Å². The Hall–Kier alpha value is -1.17. The zero-order valence-electron chi connectivity index (χ0n) is 11.1. The Bertz CT molecular complexity index is 470. The van der Waals surface area contributed by atoms with Crippen LogP contribution in [0.4, 0.5) is 22.0 Å². The highest BCUT2D eigenvalue weighted by Crippen LogP contribution is 2.37. The van der Waals surface area contributed by atoms with E-state index in [2.05, 4.69) is 5.32 Å². The van der Waals surface area contributed by atoms with E-state index in [0.717, 1.165) is 19.3 Å². The fourth-order valence-corrected chi connectivity index (χ4v) is 2.33. The second kappa shape index (κ2) is 6.08. The van der Waals surface area contributed by atoms with Gasteiger partial charge in [-0.05, 0) is 25.3 Å². The van der Waals surface area contributed by atoms with E-state index in [1.807, 2.05) is 0 Å². The van der Waals surface area contributed by atoms with Crippen LogP contribution in [-0.4, -0.2) is 6.54 Å². The van der Waals surface area contributed by atoms with E-state index in [0.29, 0.717) is 18.9 Å².